The Balaban J connectivity index is 0.992. The van der Waals surface area contributed by atoms with E-state index in [-0.39, 0.29) is 0 Å². The number of fused-ring (bicyclic) bond motifs is 6. The summed E-state index contributed by atoms with van der Waals surface area (Å²) in [5.41, 5.74) is 19.6. The fourth-order valence-corrected chi connectivity index (χ4v) is 9.61. The maximum absolute atomic E-state index is 7.08. The van der Waals surface area contributed by atoms with Crippen molar-refractivity contribution in [1.82, 2.24) is 15.0 Å². The number of rotatable bonds is 7. The van der Waals surface area contributed by atoms with E-state index in [1.165, 1.54) is 16.7 Å². The molecule has 0 bridgehead atoms. The van der Waals surface area contributed by atoms with Crippen molar-refractivity contribution >= 4 is 5.69 Å². The molecule has 6 nitrogen and oxygen atoms in total. The SMILES string of the molecule is Nc1cccc(-c2cccc(-c3nc(-c4ccccc4)nc(-c4ccccc4-c4cccc5c4Oc4ccc6c(c4O5)-c4ccccc4C6(c4ccccc4)c4ccccc4)n3)c2)c1. The van der Waals surface area contributed by atoms with Crippen LogP contribution in [-0.2, 0) is 5.41 Å². The standard InChI is InChI=1S/C58H38N4O2/c59-43-26-15-20-39(36-43)38-19-14-21-40(35-38)56-60-55(37-17-4-1-5-18-37)61-57(62-56)46-28-11-10-27-44(46)45-30-16-32-50-53(45)63-51-34-33-49-52(54(51)64-50)47-29-12-13-31-48(47)58(49,41-22-6-2-7-23-41)42-24-8-3-9-25-42/h1-36H,59H2. The van der Waals surface area contributed by atoms with E-state index in [2.05, 4.69) is 133 Å². The normalized spacial score (nSPS) is 12.8. The third-order valence-corrected chi connectivity index (χ3v) is 12.4. The van der Waals surface area contributed by atoms with Crippen LogP contribution in [0.2, 0.25) is 0 Å². The van der Waals surface area contributed by atoms with Crippen molar-refractivity contribution in [3.63, 3.8) is 0 Å². The van der Waals surface area contributed by atoms with Gasteiger partial charge in [-0.2, -0.15) is 0 Å². The minimum absolute atomic E-state index is 0.538. The van der Waals surface area contributed by atoms with Crippen molar-refractivity contribution < 1.29 is 9.47 Å². The third kappa shape index (κ3) is 5.99. The Labute approximate surface area is 371 Å². The van der Waals surface area contributed by atoms with Gasteiger partial charge in [0.2, 0.25) is 0 Å². The smallest absolute Gasteiger partial charge is 0.178 e. The van der Waals surface area contributed by atoms with E-state index in [1.807, 2.05) is 84.9 Å². The zero-order valence-corrected chi connectivity index (χ0v) is 34.5. The van der Waals surface area contributed by atoms with Crippen LogP contribution in [0.4, 0.5) is 5.69 Å². The molecule has 302 valence electrons. The first-order valence-electron chi connectivity index (χ1n) is 21.4. The van der Waals surface area contributed by atoms with E-state index in [4.69, 9.17) is 30.2 Å². The lowest BCUT2D eigenvalue weighted by atomic mass is 9.68. The molecule has 0 unspecified atom stereocenters. The number of nitrogens with two attached hydrogens (primary N) is 1. The Bertz CT molecular complexity index is 3370. The highest BCUT2D eigenvalue weighted by Crippen LogP contribution is 2.63. The largest absolute Gasteiger partial charge is 0.449 e. The Morgan fingerprint density at radius 3 is 1.59 bits per heavy atom. The summed E-state index contributed by atoms with van der Waals surface area (Å²) >= 11 is 0. The lowest BCUT2D eigenvalue weighted by Gasteiger charge is -2.34. The molecule has 1 aliphatic heterocycles. The molecule has 1 aliphatic carbocycles. The average Bonchev–Trinajstić information content (AvgIpc) is 3.68. The zero-order chi connectivity index (χ0) is 42.6. The first-order valence-corrected chi connectivity index (χ1v) is 21.4. The van der Waals surface area contributed by atoms with Crippen LogP contribution >= 0.6 is 0 Å². The maximum Gasteiger partial charge on any atom is 0.178 e. The van der Waals surface area contributed by atoms with Crippen LogP contribution in [0.15, 0.2) is 218 Å². The summed E-state index contributed by atoms with van der Waals surface area (Å²) in [5, 5.41) is 0. The molecule has 0 amide bonds. The van der Waals surface area contributed by atoms with Gasteiger partial charge in [0.05, 0.1) is 5.41 Å². The fourth-order valence-electron chi connectivity index (χ4n) is 9.61. The van der Waals surface area contributed by atoms with Crippen LogP contribution in [0.25, 0.3) is 67.5 Å². The molecule has 0 saturated heterocycles. The lowest BCUT2D eigenvalue weighted by Crippen LogP contribution is -2.28. The molecule has 12 rings (SSSR count). The zero-order valence-electron chi connectivity index (χ0n) is 34.5. The molecule has 10 aromatic rings. The van der Waals surface area contributed by atoms with Crippen molar-refractivity contribution in [2.45, 2.75) is 5.41 Å². The predicted molar refractivity (Wildman–Crippen MR) is 255 cm³/mol. The van der Waals surface area contributed by atoms with E-state index in [0.717, 1.165) is 55.6 Å². The quantitative estimate of drug-likeness (QED) is 0.161. The summed E-state index contributed by atoms with van der Waals surface area (Å²) in [6, 6.07) is 74.9. The Morgan fingerprint density at radius 2 is 0.859 bits per heavy atom. The van der Waals surface area contributed by atoms with Gasteiger partial charge in [-0.15, -0.1) is 0 Å². The molecule has 1 aromatic heterocycles. The van der Waals surface area contributed by atoms with E-state index in [0.29, 0.717) is 46.2 Å². The highest BCUT2D eigenvalue weighted by atomic mass is 16.6. The van der Waals surface area contributed by atoms with Gasteiger partial charge in [0.15, 0.2) is 40.5 Å². The van der Waals surface area contributed by atoms with E-state index >= 15 is 0 Å². The number of nitrogen functional groups attached to an aromatic ring is 1. The molecule has 2 N–H and O–H groups in total. The van der Waals surface area contributed by atoms with E-state index in [1.54, 1.807) is 0 Å². The summed E-state index contributed by atoms with van der Waals surface area (Å²) < 4.78 is 14.1. The summed E-state index contributed by atoms with van der Waals surface area (Å²) in [6.45, 7) is 0. The molecule has 6 heteroatoms. The maximum atomic E-state index is 7.08. The van der Waals surface area contributed by atoms with Gasteiger partial charge in [0.1, 0.15) is 0 Å². The van der Waals surface area contributed by atoms with Crippen molar-refractivity contribution in [1.29, 1.82) is 0 Å². The van der Waals surface area contributed by atoms with Crippen LogP contribution in [-0.4, -0.2) is 15.0 Å². The van der Waals surface area contributed by atoms with Crippen LogP contribution in [0.3, 0.4) is 0 Å². The van der Waals surface area contributed by atoms with E-state index in [9.17, 15) is 0 Å². The first-order chi connectivity index (χ1) is 31.6. The molecule has 0 saturated carbocycles. The minimum atomic E-state index is -0.563. The highest BCUT2D eigenvalue weighted by molar-refractivity contribution is 5.93. The van der Waals surface area contributed by atoms with Gasteiger partial charge in [-0.05, 0) is 74.8 Å². The Morgan fingerprint density at radius 1 is 0.344 bits per heavy atom. The molecular formula is C58H38N4O2. The topological polar surface area (TPSA) is 83.2 Å². The van der Waals surface area contributed by atoms with Crippen molar-refractivity contribution in [3.05, 3.63) is 241 Å². The summed E-state index contributed by atoms with van der Waals surface area (Å²) in [6.07, 6.45) is 0. The Kier molecular flexibility index (Phi) is 8.76. The lowest BCUT2D eigenvalue weighted by molar-refractivity contribution is 0.361. The molecule has 2 heterocycles. The van der Waals surface area contributed by atoms with Crippen LogP contribution in [0.1, 0.15) is 22.3 Å². The second kappa shape index (κ2) is 15.1. The minimum Gasteiger partial charge on any atom is -0.449 e. The third-order valence-electron chi connectivity index (χ3n) is 12.4. The van der Waals surface area contributed by atoms with Crippen LogP contribution < -0.4 is 15.2 Å². The first kappa shape index (κ1) is 37.2. The van der Waals surface area contributed by atoms with Gasteiger partial charge in [0, 0.05) is 33.5 Å². The number of aromatic nitrogens is 3. The molecule has 0 atom stereocenters. The second-order valence-electron chi connectivity index (χ2n) is 16.1. The Hall–Kier alpha value is -8.61. The number of ether oxygens (including phenoxy) is 2. The van der Waals surface area contributed by atoms with Gasteiger partial charge in [0.25, 0.3) is 0 Å². The number of hydrogen-bond acceptors (Lipinski definition) is 6. The predicted octanol–water partition coefficient (Wildman–Crippen LogP) is 14.0. The number of benzene rings is 9. The molecule has 2 aliphatic rings. The number of para-hydroxylation sites is 1. The summed E-state index contributed by atoms with van der Waals surface area (Å²) in [4.78, 5) is 15.4. The van der Waals surface area contributed by atoms with Crippen molar-refractivity contribution in [2.75, 3.05) is 5.73 Å². The number of nitrogens with zero attached hydrogens (tertiary/aromatic N) is 3. The molecule has 9 aromatic carbocycles. The molecule has 64 heavy (non-hydrogen) atoms. The van der Waals surface area contributed by atoms with Crippen molar-refractivity contribution in [3.8, 4) is 90.5 Å². The number of hydrogen-bond donors (Lipinski definition) is 1. The van der Waals surface area contributed by atoms with E-state index < -0.39 is 5.41 Å². The van der Waals surface area contributed by atoms with Gasteiger partial charge in [-0.25, -0.2) is 15.0 Å². The number of anilines is 1. The average molecular weight is 823 g/mol. The van der Waals surface area contributed by atoms with Gasteiger partial charge < -0.3 is 15.2 Å². The molecule has 0 radical (unpaired) electrons. The van der Waals surface area contributed by atoms with Crippen molar-refractivity contribution in [2.24, 2.45) is 0 Å². The van der Waals surface area contributed by atoms with Crippen LogP contribution in [0, 0.1) is 0 Å². The summed E-state index contributed by atoms with van der Waals surface area (Å²) in [5.74, 6) is 4.27. The molecule has 0 fully saturated rings. The fraction of sp³-hybridized carbons (Fsp3) is 0.0172. The molecular weight excluding hydrogens is 785 g/mol. The second-order valence-corrected chi connectivity index (χ2v) is 16.1. The van der Waals surface area contributed by atoms with Crippen LogP contribution in [0.5, 0.6) is 23.0 Å². The monoisotopic (exact) mass is 822 g/mol. The molecule has 0 spiro atoms. The van der Waals surface area contributed by atoms with Gasteiger partial charge in [-0.1, -0.05) is 188 Å². The van der Waals surface area contributed by atoms with Gasteiger partial charge in [-0.3, -0.25) is 0 Å². The van der Waals surface area contributed by atoms with Gasteiger partial charge >= 0.3 is 0 Å². The highest BCUT2D eigenvalue weighted by Gasteiger charge is 2.48. The summed E-state index contributed by atoms with van der Waals surface area (Å²) in [7, 11) is 0.